The van der Waals surface area contributed by atoms with E-state index in [1.807, 2.05) is 20.8 Å². The molecule has 2 heteroatoms. The van der Waals surface area contributed by atoms with E-state index in [0.29, 0.717) is 5.92 Å². The Labute approximate surface area is 89.0 Å². The summed E-state index contributed by atoms with van der Waals surface area (Å²) in [7, 11) is 0. The van der Waals surface area contributed by atoms with E-state index >= 15 is 0 Å². The summed E-state index contributed by atoms with van der Waals surface area (Å²) in [4.78, 5) is 0. The standard InChI is InChI=1S/C12H26O2/c1-9(2)12(6,7)8-13-11(5)14-10(3)4/h9-11H,8H2,1-7H3. The van der Waals surface area contributed by atoms with Gasteiger partial charge in [0.25, 0.3) is 0 Å². The Hall–Kier alpha value is -0.0800. The Kier molecular flexibility index (Phi) is 5.68. The summed E-state index contributed by atoms with van der Waals surface area (Å²) < 4.78 is 11.2. The van der Waals surface area contributed by atoms with Crippen molar-refractivity contribution in [1.29, 1.82) is 0 Å². The maximum atomic E-state index is 5.66. The minimum atomic E-state index is -0.104. The predicted molar refractivity (Wildman–Crippen MR) is 60.3 cm³/mol. The Balaban J connectivity index is 3.81. The van der Waals surface area contributed by atoms with Crippen LogP contribution < -0.4 is 0 Å². The molecule has 0 aromatic heterocycles. The molecule has 0 radical (unpaired) electrons. The van der Waals surface area contributed by atoms with E-state index in [9.17, 15) is 0 Å². The lowest BCUT2D eigenvalue weighted by Crippen LogP contribution is -2.29. The fourth-order valence-corrected chi connectivity index (χ4v) is 0.921. The predicted octanol–water partition coefficient (Wildman–Crippen LogP) is 3.46. The molecule has 2 nitrogen and oxygen atoms in total. The van der Waals surface area contributed by atoms with Crippen LogP contribution in [0.3, 0.4) is 0 Å². The topological polar surface area (TPSA) is 18.5 Å². The average molecular weight is 202 g/mol. The molecule has 0 heterocycles. The molecule has 14 heavy (non-hydrogen) atoms. The van der Waals surface area contributed by atoms with Gasteiger partial charge in [0.2, 0.25) is 0 Å². The summed E-state index contributed by atoms with van der Waals surface area (Å²) in [5.74, 6) is 0.619. The van der Waals surface area contributed by atoms with E-state index in [0.717, 1.165) is 6.61 Å². The maximum absolute atomic E-state index is 5.66. The van der Waals surface area contributed by atoms with Crippen LogP contribution in [-0.2, 0) is 9.47 Å². The minimum Gasteiger partial charge on any atom is -0.352 e. The Bertz CT molecular complexity index is 150. The Morgan fingerprint density at radius 2 is 1.50 bits per heavy atom. The van der Waals surface area contributed by atoms with Gasteiger partial charge in [-0.05, 0) is 32.1 Å². The Morgan fingerprint density at radius 3 is 1.86 bits per heavy atom. The third kappa shape index (κ3) is 5.61. The van der Waals surface area contributed by atoms with Gasteiger partial charge in [-0.1, -0.05) is 27.7 Å². The first-order chi connectivity index (χ1) is 6.25. The van der Waals surface area contributed by atoms with Gasteiger partial charge in [-0.15, -0.1) is 0 Å². The van der Waals surface area contributed by atoms with E-state index in [2.05, 4.69) is 27.7 Å². The van der Waals surface area contributed by atoms with Crippen LogP contribution in [0.4, 0.5) is 0 Å². The van der Waals surface area contributed by atoms with Gasteiger partial charge in [0.15, 0.2) is 6.29 Å². The van der Waals surface area contributed by atoms with Gasteiger partial charge in [0.05, 0.1) is 12.7 Å². The van der Waals surface area contributed by atoms with Crippen molar-refractivity contribution in [2.24, 2.45) is 11.3 Å². The molecule has 0 aromatic rings. The zero-order valence-corrected chi connectivity index (χ0v) is 10.8. The number of ether oxygens (including phenoxy) is 2. The fourth-order valence-electron chi connectivity index (χ4n) is 0.921. The van der Waals surface area contributed by atoms with Crippen molar-refractivity contribution < 1.29 is 9.47 Å². The highest BCUT2D eigenvalue weighted by molar-refractivity contribution is 4.71. The van der Waals surface area contributed by atoms with Crippen LogP contribution in [0.15, 0.2) is 0 Å². The van der Waals surface area contributed by atoms with Crippen molar-refractivity contribution >= 4 is 0 Å². The van der Waals surface area contributed by atoms with Crippen LogP contribution in [0.5, 0.6) is 0 Å². The maximum Gasteiger partial charge on any atom is 0.155 e. The smallest absolute Gasteiger partial charge is 0.155 e. The first kappa shape index (κ1) is 13.9. The lowest BCUT2D eigenvalue weighted by atomic mass is 9.82. The summed E-state index contributed by atoms with van der Waals surface area (Å²) in [6.07, 6.45) is 0.125. The molecule has 0 bridgehead atoms. The van der Waals surface area contributed by atoms with Gasteiger partial charge >= 0.3 is 0 Å². The van der Waals surface area contributed by atoms with Gasteiger partial charge in [0, 0.05) is 0 Å². The normalized spacial score (nSPS) is 15.2. The molecular weight excluding hydrogens is 176 g/mol. The second-order valence-corrected chi connectivity index (χ2v) is 5.21. The Morgan fingerprint density at radius 1 is 1.00 bits per heavy atom. The molecule has 0 aliphatic rings. The van der Waals surface area contributed by atoms with Gasteiger partial charge in [-0.2, -0.15) is 0 Å². The molecule has 0 aliphatic carbocycles. The zero-order valence-electron chi connectivity index (χ0n) is 10.8. The number of hydrogen-bond donors (Lipinski definition) is 0. The van der Waals surface area contributed by atoms with Crippen LogP contribution in [-0.4, -0.2) is 19.0 Å². The molecule has 0 aromatic carbocycles. The molecule has 0 N–H and O–H groups in total. The summed E-state index contributed by atoms with van der Waals surface area (Å²) in [5, 5.41) is 0. The van der Waals surface area contributed by atoms with E-state index in [1.165, 1.54) is 0 Å². The minimum absolute atomic E-state index is 0.104. The molecule has 0 spiro atoms. The lowest BCUT2D eigenvalue weighted by Gasteiger charge is -2.30. The first-order valence-electron chi connectivity index (χ1n) is 5.52. The highest BCUT2D eigenvalue weighted by Crippen LogP contribution is 2.26. The van der Waals surface area contributed by atoms with Crippen molar-refractivity contribution in [3.05, 3.63) is 0 Å². The third-order valence-electron chi connectivity index (χ3n) is 2.72. The average Bonchev–Trinajstić information content (AvgIpc) is 1.99. The van der Waals surface area contributed by atoms with Gasteiger partial charge in [-0.25, -0.2) is 0 Å². The van der Waals surface area contributed by atoms with Gasteiger partial charge < -0.3 is 9.47 Å². The van der Waals surface area contributed by atoms with E-state index in [1.54, 1.807) is 0 Å². The molecule has 1 atom stereocenters. The second kappa shape index (κ2) is 5.72. The molecule has 0 aliphatic heterocycles. The summed E-state index contributed by atoms with van der Waals surface area (Å²) in [6, 6.07) is 0. The van der Waals surface area contributed by atoms with Crippen LogP contribution in [0.2, 0.25) is 0 Å². The van der Waals surface area contributed by atoms with Crippen molar-refractivity contribution in [2.75, 3.05) is 6.61 Å². The van der Waals surface area contributed by atoms with Crippen molar-refractivity contribution in [3.63, 3.8) is 0 Å². The van der Waals surface area contributed by atoms with Crippen molar-refractivity contribution in [2.45, 2.75) is 60.9 Å². The van der Waals surface area contributed by atoms with E-state index < -0.39 is 0 Å². The summed E-state index contributed by atoms with van der Waals surface area (Å²) in [5.41, 5.74) is 0.217. The molecule has 0 saturated carbocycles. The van der Waals surface area contributed by atoms with Crippen LogP contribution in [0.1, 0.15) is 48.5 Å². The quantitative estimate of drug-likeness (QED) is 0.614. The molecule has 0 amide bonds. The van der Waals surface area contributed by atoms with Gasteiger partial charge in [-0.3, -0.25) is 0 Å². The third-order valence-corrected chi connectivity index (χ3v) is 2.72. The van der Waals surface area contributed by atoms with E-state index in [4.69, 9.17) is 9.47 Å². The monoisotopic (exact) mass is 202 g/mol. The second-order valence-electron chi connectivity index (χ2n) is 5.21. The van der Waals surface area contributed by atoms with Crippen LogP contribution in [0, 0.1) is 11.3 Å². The summed E-state index contributed by atoms with van der Waals surface area (Å²) >= 11 is 0. The molecular formula is C12H26O2. The largest absolute Gasteiger partial charge is 0.352 e. The number of rotatable bonds is 6. The molecule has 0 fully saturated rings. The fraction of sp³-hybridized carbons (Fsp3) is 1.00. The zero-order chi connectivity index (χ0) is 11.4. The molecule has 86 valence electrons. The van der Waals surface area contributed by atoms with Crippen LogP contribution >= 0.6 is 0 Å². The van der Waals surface area contributed by atoms with E-state index in [-0.39, 0.29) is 17.8 Å². The first-order valence-corrected chi connectivity index (χ1v) is 5.52. The number of hydrogen-bond acceptors (Lipinski definition) is 2. The lowest BCUT2D eigenvalue weighted by molar-refractivity contribution is -0.169. The highest BCUT2D eigenvalue weighted by atomic mass is 16.7. The van der Waals surface area contributed by atoms with Crippen LogP contribution in [0.25, 0.3) is 0 Å². The molecule has 0 saturated heterocycles. The molecule has 1 unspecified atom stereocenters. The van der Waals surface area contributed by atoms with Gasteiger partial charge in [0.1, 0.15) is 0 Å². The summed E-state index contributed by atoms with van der Waals surface area (Å²) in [6.45, 7) is 15.6. The van der Waals surface area contributed by atoms with Crippen molar-refractivity contribution in [1.82, 2.24) is 0 Å². The van der Waals surface area contributed by atoms with Crippen molar-refractivity contribution in [3.8, 4) is 0 Å². The SMILES string of the molecule is CC(C)OC(C)OCC(C)(C)C(C)C. The highest BCUT2D eigenvalue weighted by Gasteiger charge is 2.23. The molecule has 0 rings (SSSR count).